The van der Waals surface area contributed by atoms with E-state index in [4.69, 9.17) is 4.74 Å². The van der Waals surface area contributed by atoms with Crippen molar-refractivity contribution in [1.29, 1.82) is 0 Å². The van der Waals surface area contributed by atoms with Gasteiger partial charge in [0, 0.05) is 6.04 Å². The fourth-order valence-electron chi connectivity index (χ4n) is 2.05. The molecule has 99 valence electrons. The van der Waals surface area contributed by atoms with Gasteiger partial charge in [-0.25, -0.2) is 0 Å². The molecule has 0 atom stereocenters. The van der Waals surface area contributed by atoms with Gasteiger partial charge in [0.15, 0.2) is 0 Å². The summed E-state index contributed by atoms with van der Waals surface area (Å²) < 4.78 is 5.31. The predicted molar refractivity (Wildman–Crippen MR) is 79.2 cm³/mol. The van der Waals surface area contributed by atoms with Crippen molar-refractivity contribution in [2.45, 2.75) is 26.3 Å². The Bertz CT molecular complexity index is 520. The lowest BCUT2D eigenvalue weighted by atomic mass is 10.0. The Labute approximate surface area is 115 Å². The molecule has 0 aliphatic rings. The van der Waals surface area contributed by atoms with E-state index in [9.17, 15) is 0 Å². The van der Waals surface area contributed by atoms with E-state index in [2.05, 4.69) is 49.5 Å². The maximum Gasteiger partial charge on any atom is 0.119 e. The monoisotopic (exact) mass is 254 g/mol. The Balaban J connectivity index is 2.29. The number of hydrogen-bond acceptors (Lipinski definition) is 1. The second kappa shape index (κ2) is 6.28. The minimum atomic E-state index is 0.294. The van der Waals surface area contributed by atoms with E-state index in [1.54, 1.807) is 7.11 Å². The lowest BCUT2D eigenvalue weighted by molar-refractivity contribution is 0.414. The molecule has 0 aliphatic heterocycles. The molecule has 0 unspecified atom stereocenters. The number of ether oxygens (including phenoxy) is 1. The van der Waals surface area contributed by atoms with Crippen molar-refractivity contribution in [3.05, 3.63) is 59.7 Å². The van der Waals surface area contributed by atoms with E-state index in [-0.39, 0.29) is 0 Å². The molecule has 19 heavy (non-hydrogen) atoms. The third-order valence-corrected chi connectivity index (χ3v) is 2.92. The largest absolute Gasteiger partial charge is 0.497 e. The van der Waals surface area contributed by atoms with E-state index in [0.29, 0.717) is 6.04 Å². The third-order valence-electron chi connectivity index (χ3n) is 2.92. The van der Waals surface area contributed by atoms with Gasteiger partial charge >= 0.3 is 0 Å². The van der Waals surface area contributed by atoms with Crippen LogP contribution in [0, 0.1) is 0 Å². The molecule has 0 saturated carbocycles. The maximum absolute atomic E-state index is 5.31. The summed E-state index contributed by atoms with van der Waals surface area (Å²) in [5, 5.41) is 4.68. The summed E-state index contributed by atoms with van der Waals surface area (Å²) in [5.74, 6) is 0.883. The fourth-order valence-corrected chi connectivity index (χ4v) is 2.05. The number of methoxy groups -OCH3 is 1. The first-order valence-corrected chi connectivity index (χ1v) is 6.60. The van der Waals surface area contributed by atoms with Crippen LogP contribution in [0.5, 0.6) is 5.75 Å². The smallest absolute Gasteiger partial charge is 0.119 e. The Morgan fingerprint density at radius 1 is 1.05 bits per heavy atom. The fraction of sp³-hybridized carbons (Fsp3) is 0.294. The highest BCUT2D eigenvalue weighted by Gasteiger charge is 2.08. The van der Waals surface area contributed by atoms with Gasteiger partial charge < -0.3 is 4.74 Å². The molecule has 2 aromatic carbocycles. The van der Waals surface area contributed by atoms with E-state index >= 15 is 0 Å². The topological polar surface area (TPSA) is 23.3 Å². The average molecular weight is 254 g/mol. The number of nitrogens with zero attached hydrogens (tertiary/aromatic N) is 1. The molecular formula is C17H20NO. The maximum atomic E-state index is 5.31. The van der Waals surface area contributed by atoms with Gasteiger partial charge in [0.05, 0.1) is 12.8 Å². The van der Waals surface area contributed by atoms with Crippen molar-refractivity contribution in [2.75, 3.05) is 7.11 Å². The Morgan fingerprint density at radius 3 is 2.42 bits per heavy atom. The third kappa shape index (κ3) is 3.75. The van der Waals surface area contributed by atoms with Crippen LogP contribution in [0.4, 0.5) is 5.69 Å². The van der Waals surface area contributed by atoms with Gasteiger partial charge in [0.2, 0.25) is 0 Å². The van der Waals surface area contributed by atoms with Gasteiger partial charge in [-0.15, -0.1) is 0 Å². The van der Waals surface area contributed by atoms with Crippen molar-refractivity contribution < 1.29 is 4.74 Å². The molecule has 0 aromatic heterocycles. The van der Waals surface area contributed by atoms with Gasteiger partial charge in [0.25, 0.3) is 0 Å². The van der Waals surface area contributed by atoms with Gasteiger partial charge in [-0.3, -0.25) is 5.32 Å². The molecule has 2 heteroatoms. The molecule has 1 radical (unpaired) electrons. The number of benzene rings is 2. The summed E-state index contributed by atoms with van der Waals surface area (Å²) in [7, 11) is 1.70. The van der Waals surface area contributed by atoms with Gasteiger partial charge in [-0.1, -0.05) is 30.3 Å². The first-order valence-electron chi connectivity index (χ1n) is 6.60. The highest BCUT2D eigenvalue weighted by atomic mass is 16.5. The number of rotatable bonds is 5. The lowest BCUT2D eigenvalue weighted by Gasteiger charge is -2.13. The van der Waals surface area contributed by atoms with Crippen LogP contribution in [0.15, 0.2) is 48.5 Å². The van der Waals surface area contributed by atoms with Crippen molar-refractivity contribution in [3.63, 3.8) is 0 Å². The molecule has 0 heterocycles. The summed E-state index contributed by atoms with van der Waals surface area (Å²) in [6, 6.07) is 16.8. The molecule has 0 spiro atoms. The van der Waals surface area contributed by atoms with Crippen molar-refractivity contribution >= 4 is 5.69 Å². The van der Waals surface area contributed by atoms with Crippen LogP contribution >= 0.6 is 0 Å². The molecule has 0 saturated heterocycles. The average Bonchev–Trinajstić information content (AvgIpc) is 2.41. The van der Waals surface area contributed by atoms with E-state index in [0.717, 1.165) is 17.9 Å². The first kappa shape index (κ1) is 13.5. The van der Waals surface area contributed by atoms with Crippen LogP contribution in [-0.2, 0) is 6.42 Å². The summed E-state index contributed by atoms with van der Waals surface area (Å²) in [4.78, 5) is 0. The molecule has 0 aliphatic carbocycles. The van der Waals surface area contributed by atoms with Crippen LogP contribution in [0.3, 0.4) is 0 Å². The molecule has 0 amide bonds. The Kier molecular flexibility index (Phi) is 4.45. The molecule has 2 rings (SSSR count). The summed E-state index contributed by atoms with van der Waals surface area (Å²) in [6.45, 7) is 4.19. The van der Waals surface area contributed by atoms with E-state index in [1.165, 1.54) is 11.1 Å². The van der Waals surface area contributed by atoms with Gasteiger partial charge in [0.1, 0.15) is 5.75 Å². The Hall–Kier alpha value is -1.96. The van der Waals surface area contributed by atoms with Crippen LogP contribution in [-0.4, -0.2) is 13.2 Å². The Morgan fingerprint density at radius 2 is 1.79 bits per heavy atom. The SMILES string of the molecule is COc1ccc([N]C(C)C)c(Cc2ccccc2)c1. The zero-order chi connectivity index (χ0) is 13.7. The summed E-state index contributed by atoms with van der Waals surface area (Å²) >= 11 is 0. The second-order valence-electron chi connectivity index (χ2n) is 4.88. The lowest BCUT2D eigenvalue weighted by Crippen LogP contribution is -2.10. The zero-order valence-electron chi connectivity index (χ0n) is 11.8. The molecular weight excluding hydrogens is 234 g/mol. The standard InChI is InChI=1S/C17H20NO/c1-13(2)18-17-10-9-16(19-3)12-15(17)11-14-7-5-4-6-8-14/h4-10,12-13H,11H2,1-3H3. The number of hydrogen-bond donors (Lipinski definition) is 0. The van der Waals surface area contributed by atoms with E-state index < -0.39 is 0 Å². The predicted octanol–water partition coefficient (Wildman–Crippen LogP) is 3.93. The molecule has 2 aromatic rings. The van der Waals surface area contributed by atoms with Crippen LogP contribution in [0.1, 0.15) is 25.0 Å². The molecule has 2 nitrogen and oxygen atoms in total. The van der Waals surface area contributed by atoms with Crippen molar-refractivity contribution in [3.8, 4) is 5.75 Å². The van der Waals surface area contributed by atoms with Crippen molar-refractivity contribution in [1.82, 2.24) is 5.32 Å². The zero-order valence-corrected chi connectivity index (χ0v) is 11.8. The van der Waals surface area contributed by atoms with Gasteiger partial charge in [-0.05, 0) is 49.6 Å². The van der Waals surface area contributed by atoms with Crippen molar-refractivity contribution in [2.24, 2.45) is 0 Å². The normalized spacial score (nSPS) is 10.5. The minimum Gasteiger partial charge on any atom is -0.497 e. The molecule has 0 N–H and O–H groups in total. The highest BCUT2D eigenvalue weighted by Crippen LogP contribution is 2.25. The molecule has 0 fully saturated rings. The van der Waals surface area contributed by atoms with Crippen LogP contribution < -0.4 is 10.1 Å². The summed E-state index contributed by atoms with van der Waals surface area (Å²) in [6.07, 6.45) is 0.879. The van der Waals surface area contributed by atoms with Gasteiger partial charge in [-0.2, -0.15) is 0 Å². The quantitative estimate of drug-likeness (QED) is 0.793. The van der Waals surface area contributed by atoms with Crippen LogP contribution in [0.2, 0.25) is 0 Å². The van der Waals surface area contributed by atoms with Crippen LogP contribution in [0.25, 0.3) is 0 Å². The second-order valence-corrected chi connectivity index (χ2v) is 4.88. The minimum absolute atomic E-state index is 0.294. The van der Waals surface area contributed by atoms with E-state index in [1.807, 2.05) is 18.2 Å². The summed E-state index contributed by atoms with van der Waals surface area (Å²) in [5.41, 5.74) is 3.55. The first-order chi connectivity index (χ1) is 9.19. The highest BCUT2D eigenvalue weighted by molar-refractivity contribution is 5.51. The molecule has 0 bridgehead atoms.